The molecule has 1 aliphatic rings. The van der Waals surface area contributed by atoms with Gasteiger partial charge in [-0.2, -0.15) is 0 Å². The summed E-state index contributed by atoms with van der Waals surface area (Å²) in [5.41, 5.74) is 0.823. The predicted molar refractivity (Wildman–Crippen MR) is 78.1 cm³/mol. The van der Waals surface area contributed by atoms with E-state index in [1.54, 1.807) is 0 Å². The van der Waals surface area contributed by atoms with E-state index in [1.807, 2.05) is 24.3 Å². The molecule has 0 aromatic heterocycles. The van der Waals surface area contributed by atoms with Gasteiger partial charge in [0.1, 0.15) is 0 Å². The lowest BCUT2D eigenvalue weighted by Crippen LogP contribution is -2.39. The highest BCUT2D eigenvalue weighted by Gasteiger charge is 2.33. The molecule has 1 saturated heterocycles. The third kappa shape index (κ3) is 2.64. The largest absolute Gasteiger partial charge is 0.333 e. The summed E-state index contributed by atoms with van der Waals surface area (Å²) in [5.74, 6) is 0.195. The molecule has 0 aliphatic carbocycles. The zero-order valence-electron chi connectivity index (χ0n) is 10.3. The average molecular weight is 343 g/mol. The van der Waals surface area contributed by atoms with E-state index in [4.69, 9.17) is 0 Å². The highest BCUT2D eigenvalue weighted by molar-refractivity contribution is 14.1. The fourth-order valence-corrected chi connectivity index (χ4v) is 3.15. The number of nitrogens with zero attached hydrogens (tertiary/aromatic N) is 1. The first-order valence-electron chi connectivity index (χ1n) is 6.21. The second-order valence-electron chi connectivity index (χ2n) is 4.71. The molecule has 2 nitrogen and oxygen atoms in total. The van der Waals surface area contributed by atoms with Crippen LogP contribution in [-0.4, -0.2) is 22.9 Å². The Bertz CT molecular complexity index is 418. The van der Waals surface area contributed by atoms with Crippen LogP contribution >= 0.6 is 22.6 Å². The number of halogens is 1. The number of amides is 1. The van der Waals surface area contributed by atoms with Gasteiger partial charge in [0, 0.05) is 21.2 Å². The van der Waals surface area contributed by atoms with Crippen LogP contribution in [0.1, 0.15) is 43.5 Å². The molecule has 0 N–H and O–H groups in total. The molecule has 92 valence electrons. The van der Waals surface area contributed by atoms with E-state index in [0.29, 0.717) is 12.1 Å². The van der Waals surface area contributed by atoms with Gasteiger partial charge in [-0.3, -0.25) is 4.79 Å². The van der Waals surface area contributed by atoms with Gasteiger partial charge in [0.15, 0.2) is 0 Å². The lowest BCUT2D eigenvalue weighted by Gasteiger charge is -2.28. The molecule has 1 aromatic carbocycles. The van der Waals surface area contributed by atoms with Gasteiger partial charge in [0.2, 0.25) is 0 Å². The second kappa shape index (κ2) is 5.38. The number of hydrogen-bond donors (Lipinski definition) is 0. The highest BCUT2D eigenvalue weighted by atomic mass is 127. The molecule has 0 saturated carbocycles. The molecule has 0 bridgehead atoms. The minimum absolute atomic E-state index is 0.195. The van der Waals surface area contributed by atoms with Crippen molar-refractivity contribution in [3.8, 4) is 0 Å². The summed E-state index contributed by atoms with van der Waals surface area (Å²) < 4.78 is 1.12. The minimum Gasteiger partial charge on any atom is -0.333 e. The quantitative estimate of drug-likeness (QED) is 0.750. The number of likely N-dealkylation sites (tertiary alicyclic amines) is 1. The molecular formula is C14H18INO. The normalized spacial score (nSPS) is 24.1. The first-order valence-corrected chi connectivity index (χ1v) is 7.29. The Balaban J connectivity index is 2.24. The van der Waals surface area contributed by atoms with Crippen molar-refractivity contribution in [3.05, 3.63) is 33.4 Å². The lowest BCUT2D eigenvalue weighted by molar-refractivity contribution is 0.0676. The maximum atomic E-state index is 12.5. The van der Waals surface area contributed by atoms with Crippen molar-refractivity contribution in [3.63, 3.8) is 0 Å². The Morgan fingerprint density at radius 3 is 2.88 bits per heavy atom. The smallest absolute Gasteiger partial charge is 0.254 e. The number of hydrogen-bond acceptors (Lipinski definition) is 1. The number of benzene rings is 1. The fourth-order valence-electron chi connectivity index (χ4n) is 2.61. The summed E-state index contributed by atoms with van der Waals surface area (Å²) in [6.07, 6.45) is 3.33. The van der Waals surface area contributed by atoms with Crippen LogP contribution in [0.3, 0.4) is 0 Å². The van der Waals surface area contributed by atoms with Crippen LogP contribution in [0.2, 0.25) is 0 Å². The first kappa shape index (κ1) is 12.9. The second-order valence-corrected chi connectivity index (χ2v) is 5.96. The molecular weight excluding hydrogens is 325 g/mol. The summed E-state index contributed by atoms with van der Waals surface area (Å²) in [7, 11) is 0. The molecule has 2 unspecified atom stereocenters. The minimum atomic E-state index is 0.195. The van der Waals surface area contributed by atoms with Crippen molar-refractivity contribution in [1.82, 2.24) is 4.90 Å². The van der Waals surface area contributed by atoms with Gasteiger partial charge in [-0.1, -0.05) is 13.0 Å². The van der Waals surface area contributed by atoms with Crippen molar-refractivity contribution in [1.29, 1.82) is 0 Å². The van der Waals surface area contributed by atoms with Gasteiger partial charge in [0.05, 0.1) is 0 Å². The maximum absolute atomic E-state index is 12.5. The van der Waals surface area contributed by atoms with Gasteiger partial charge < -0.3 is 4.90 Å². The Hall–Kier alpha value is -0.580. The zero-order chi connectivity index (χ0) is 12.4. The summed E-state index contributed by atoms with van der Waals surface area (Å²) in [5, 5.41) is 0. The fraction of sp³-hybridized carbons (Fsp3) is 0.500. The molecule has 3 heteroatoms. The van der Waals surface area contributed by atoms with E-state index in [0.717, 1.165) is 28.4 Å². The summed E-state index contributed by atoms with van der Waals surface area (Å²) in [6, 6.07) is 8.67. The SMILES string of the molecule is CCC1CCC(C)N1C(=O)c1cccc(I)c1. The van der Waals surface area contributed by atoms with Crippen molar-refractivity contribution in [2.45, 2.75) is 45.2 Å². The van der Waals surface area contributed by atoms with E-state index in [9.17, 15) is 4.79 Å². The maximum Gasteiger partial charge on any atom is 0.254 e. The van der Waals surface area contributed by atoms with E-state index < -0.39 is 0 Å². The molecule has 1 aliphatic heterocycles. The molecule has 2 atom stereocenters. The number of rotatable bonds is 2. The van der Waals surface area contributed by atoms with Crippen molar-refractivity contribution >= 4 is 28.5 Å². The van der Waals surface area contributed by atoms with Crippen LogP contribution < -0.4 is 0 Å². The summed E-state index contributed by atoms with van der Waals surface area (Å²) in [6.45, 7) is 4.32. The molecule has 0 radical (unpaired) electrons. The number of carbonyl (C=O) groups is 1. The molecule has 1 heterocycles. The van der Waals surface area contributed by atoms with E-state index in [1.165, 1.54) is 0 Å². The highest BCUT2D eigenvalue weighted by Crippen LogP contribution is 2.28. The molecule has 0 spiro atoms. The third-order valence-corrected chi connectivity index (χ3v) is 4.23. The van der Waals surface area contributed by atoms with Gasteiger partial charge in [-0.25, -0.2) is 0 Å². The van der Waals surface area contributed by atoms with Crippen LogP contribution in [0.5, 0.6) is 0 Å². The Labute approximate surface area is 117 Å². The van der Waals surface area contributed by atoms with Crippen LogP contribution in [0.15, 0.2) is 24.3 Å². The molecule has 1 amide bonds. The monoisotopic (exact) mass is 343 g/mol. The topological polar surface area (TPSA) is 20.3 Å². The van der Waals surface area contributed by atoms with Gasteiger partial charge in [0.25, 0.3) is 5.91 Å². The molecule has 17 heavy (non-hydrogen) atoms. The van der Waals surface area contributed by atoms with E-state index >= 15 is 0 Å². The zero-order valence-corrected chi connectivity index (χ0v) is 12.5. The van der Waals surface area contributed by atoms with Crippen molar-refractivity contribution in [2.24, 2.45) is 0 Å². The van der Waals surface area contributed by atoms with Gasteiger partial charge >= 0.3 is 0 Å². The van der Waals surface area contributed by atoms with Crippen LogP contribution in [-0.2, 0) is 0 Å². The molecule has 1 fully saturated rings. The lowest BCUT2D eigenvalue weighted by atomic mass is 10.1. The van der Waals surface area contributed by atoms with Gasteiger partial charge in [-0.05, 0) is 67.0 Å². The number of carbonyl (C=O) groups excluding carboxylic acids is 1. The standard InChI is InChI=1S/C14H18INO/c1-3-13-8-7-10(2)16(13)14(17)11-5-4-6-12(15)9-11/h4-6,9-10,13H,3,7-8H2,1-2H3. The molecule has 1 aromatic rings. The van der Waals surface area contributed by atoms with Crippen LogP contribution in [0.25, 0.3) is 0 Å². The van der Waals surface area contributed by atoms with Crippen molar-refractivity contribution < 1.29 is 4.79 Å². The summed E-state index contributed by atoms with van der Waals surface area (Å²) >= 11 is 2.25. The average Bonchev–Trinajstić information content (AvgIpc) is 2.69. The van der Waals surface area contributed by atoms with Gasteiger partial charge in [-0.15, -0.1) is 0 Å². The predicted octanol–water partition coefficient (Wildman–Crippen LogP) is 3.69. The Morgan fingerprint density at radius 1 is 1.47 bits per heavy atom. The van der Waals surface area contributed by atoms with E-state index in [-0.39, 0.29) is 5.91 Å². The van der Waals surface area contributed by atoms with Crippen LogP contribution in [0.4, 0.5) is 0 Å². The molecule has 2 rings (SSSR count). The van der Waals surface area contributed by atoms with Crippen molar-refractivity contribution in [2.75, 3.05) is 0 Å². The van der Waals surface area contributed by atoms with Crippen LogP contribution in [0, 0.1) is 3.57 Å². The first-order chi connectivity index (χ1) is 8.13. The third-order valence-electron chi connectivity index (χ3n) is 3.56. The Kier molecular flexibility index (Phi) is 4.07. The Morgan fingerprint density at radius 2 is 2.24 bits per heavy atom. The summed E-state index contributed by atoms with van der Waals surface area (Å²) in [4.78, 5) is 14.6. The van der Waals surface area contributed by atoms with E-state index in [2.05, 4.69) is 41.3 Å².